The molecule has 0 aliphatic rings. The van der Waals surface area contributed by atoms with E-state index in [0.717, 1.165) is 6.07 Å². The Labute approximate surface area is 205 Å². The molecule has 1 heterocycles. The molecular formula is C26H25F3N2O5. The molecule has 0 unspecified atom stereocenters. The summed E-state index contributed by atoms with van der Waals surface area (Å²) in [5.41, 5.74) is 0.654. The van der Waals surface area contributed by atoms with Crippen LogP contribution in [0.25, 0.3) is 0 Å². The molecule has 190 valence electrons. The number of aryl methyl sites for hydroxylation is 1. The van der Waals surface area contributed by atoms with Gasteiger partial charge in [-0.05, 0) is 55.7 Å². The van der Waals surface area contributed by atoms with Gasteiger partial charge < -0.3 is 19.9 Å². The summed E-state index contributed by atoms with van der Waals surface area (Å²) in [6.07, 6.45) is 0.259. The maximum absolute atomic E-state index is 14.8. The summed E-state index contributed by atoms with van der Waals surface area (Å²) in [6.45, 7) is 4.50. The van der Waals surface area contributed by atoms with Gasteiger partial charge in [0, 0.05) is 24.2 Å². The molecule has 10 heteroatoms. The Kier molecular flexibility index (Phi) is 8.18. The number of nitrogens with zero attached hydrogens (tertiary/aromatic N) is 1. The molecule has 0 radical (unpaired) electrons. The number of aromatic hydroxyl groups is 1. The summed E-state index contributed by atoms with van der Waals surface area (Å²) in [6, 6.07) is 7.12. The van der Waals surface area contributed by atoms with Crippen LogP contribution in [-0.2, 0) is 9.53 Å². The van der Waals surface area contributed by atoms with Gasteiger partial charge in [0.1, 0.15) is 29.6 Å². The van der Waals surface area contributed by atoms with Crippen molar-refractivity contribution in [1.82, 2.24) is 10.3 Å². The minimum atomic E-state index is -1.18. The van der Waals surface area contributed by atoms with Crippen LogP contribution in [0.3, 0.4) is 0 Å². The zero-order valence-electron chi connectivity index (χ0n) is 20.0. The molecular weight excluding hydrogens is 477 g/mol. The topological polar surface area (TPSA) is 97.8 Å². The summed E-state index contributed by atoms with van der Waals surface area (Å²) in [5.74, 6) is -5.20. The van der Waals surface area contributed by atoms with Crippen molar-refractivity contribution < 1.29 is 37.3 Å². The average Bonchev–Trinajstić information content (AvgIpc) is 2.81. The lowest BCUT2D eigenvalue weighted by Crippen LogP contribution is -2.41. The van der Waals surface area contributed by atoms with Gasteiger partial charge in [-0.3, -0.25) is 4.79 Å². The number of amides is 1. The van der Waals surface area contributed by atoms with E-state index in [1.165, 1.54) is 57.5 Å². The minimum Gasteiger partial charge on any atom is -0.503 e. The van der Waals surface area contributed by atoms with Crippen LogP contribution in [0.5, 0.6) is 11.5 Å². The highest BCUT2D eigenvalue weighted by Gasteiger charge is 2.31. The second kappa shape index (κ2) is 11.1. The van der Waals surface area contributed by atoms with Gasteiger partial charge in [-0.2, -0.15) is 0 Å². The SMILES string of the molecule is COc1ccnc(C(=O)N[C@@H](C)C(=O)O[C@@H](C)[C@@H](c2ccc(F)cc2C)c2ccc(F)cc2F)c1O. The van der Waals surface area contributed by atoms with Crippen molar-refractivity contribution in [2.45, 2.75) is 38.8 Å². The molecule has 0 aliphatic carbocycles. The molecule has 1 amide bonds. The van der Waals surface area contributed by atoms with Crippen molar-refractivity contribution in [2.75, 3.05) is 7.11 Å². The lowest BCUT2D eigenvalue weighted by molar-refractivity contribution is -0.150. The molecule has 2 N–H and O–H groups in total. The Morgan fingerprint density at radius 3 is 2.25 bits per heavy atom. The lowest BCUT2D eigenvalue weighted by Gasteiger charge is -2.28. The van der Waals surface area contributed by atoms with E-state index in [2.05, 4.69) is 10.3 Å². The van der Waals surface area contributed by atoms with E-state index < -0.39 is 53.1 Å². The fourth-order valence-corrected chi connectivity index (χ4v) is 3.86. The molecule has 2 aromatic carbocycles. The van der Waals surface area contributed by atoms with Crippen LogP contribution >= 0.6 is 0 Å². The second-order valence-corrected chi connectivity index (χ2v) is 8.19. The zero-order valence-corrected chi connectivity index (χ0v) is 20.0. The standard InChI is InChI=1S/C26H25F3N2O5/c1-13-11-16(27)5-7-18(13)22(19-8-6-17(28)12-20(19)29)15(3)36-26(34)14(2)31-25(33)23-24(32)21(35-4)9-10-30-23/h5-12,14-15,22,32H,1-4H3,(H,31,33)/t14-,15-,22-/m0/s1. The molecule has 0 bridgehead atoms. The number of nitrogens with one attached hydrogen (secondary N) is 1. The molecule has 7 nitrogen and oxygen atoms in total. The van der Waals surface area contributed by atoms with Crippen LogP contribution in [0.2, 0.25) is 0 Å². The Balaban J connectivity index is 1.84. The lowest BCUT2D eigenvalue weighted by atomic mass is 9.84. The van der Waals surface area contributed by atoms with E-state index in [4.69, 9.17) is 9.47 Å². The zero-order chi connectivity index (χ0) is 26.6. The van der Waals surface area contributed by atoms with Crippen molar-refractivity contribution in [2.24, 2.45) is 0 Å². The molecule has 0 spiro atoms. The number of methoxy groups -OCH3 is 1. The van der Waals surface area contributed by atoms with Gasteiger partial charge in [-0.15, -0.1) is 0 Å². The van der Waals surface area contributed by atoms with Crippen molar-refractivity contribution in [3.8, 4) is 11.5 Å². The number of rotatable bonds is 8. The Hall–Kier alpha value is -4.08. The van der Waals surface area contributed by atoms with Crippen molar-refractivity contribution in [1.29, 1.82) is 0 Å². The predicted molar refractivity (Wildman–Crippen MR) is 124 cm³/mol. The fraction of sp³-hybridized carbons (Fsp3) is 0.269. The van der Waals surface area contributed by atoms with E-state index >= 15 is 0 Å². The van der Waals surface area contributed by atoms with Gasteiger partial charge in [0.15, 0.2) is 17.2 Å². The average molecular weight is 502 g/mol. The van der Waals surface area contributed by atoms with Gasteiger partial charge in [-0.1, -0.05) is 12.1 Å². The number of carbonyl (C=O) groups is 2. The maximum atomic E-state index is 14.8. The fourth-order valence-electron chi connectivity index (χ4n) is 3.86. The first-order valence-electron chi connectivity index (χ1n) is 11.0. The molecule has 1 aromatic heterocycles. The van der Waals surface area contributed by atoms with Crippen molar-refractivity contribution >= 4 is 11.9 Å². The summed E-state index contributed by atoms with van der Waals surface area (Å²) < 4.78 is 52.5. The third-order valence-corrected chi connectivity index (χ3v) is 5.66. The number of pyridine rings is 1. The van der Waals surface area contributed by atoms with Crippen molar-refractivity contribution in [3.05, 3.63) is 88.5 Å². The van der Waals surface area contributed by atoms with Crippen LogP contribution in [0, 0.1) is 24.4 Å². The number of benzene rings is 2. The number of aromatic nitrogens is 1. The largest absolute Gasteiger partial charge is 0.503 e. The molecule has 3 aromatic rings. The Morgan fingerprint density at radius 1 is 1.00 bits per heavy atom. The van der Waals surface area contributed by atoms with Crippen LogP contribution in [0.1, 0.15) is 46.9 Å². The maximum Gasteiger partial charge on any atom is 0.328 e. The van der Waals surface area contributed by atoms with Crippen LogP contribution < -0.4 is 10.1 Å². The quantitative estimate of drug-likeness (QED) is 0.443. The second-order valence-electron chi connectivity index (χ2n) is 8.19. The highest BCUT2D eigenvalue weighted by molar-refractivity contribution is 5.97. The molecule has 0 fully saturated rings. The van der Waals surface area contributed by atoms with Crippen LogP contribution in [-0.4, -0.2) is 41.2 Å². The monoisotopic (exact) mass is 502 g/mol. The number of esters is 1. The third kappa shape index (κ3) is 5.76. The number of ether oxygens (including phenoxy) is 2. The Morgan fingerprint density at radius 2 is 1.64 bits per heavy atom. The van der Waals surface area contributed by atoms with E-state index in [0.29, 0.717) is 17.2 Å². The molecule has 3 atom stereocenters. The summed E-state index contributed by atoms with van der Waals surface area (Å²) >= 11 is 0. The molecule has 3 rings (SSSR count). The first kappa shape index (κ1) is 26.5. The molecule has 0 aliphatic heterocycles. The van der Waals surface area contributed by atoms with Gasteiger partial charge >= 0.3 is 5.97 Å². The van der Waals surface area contributed by atoms with E-state index in [9.17, 15) is 27.9 Å². The first-order valence-corrected chi connectivity index (χ1v) is 11.0. The van der Waals surface area contributed by atoms with Crippen LogP contribution in [0.4, 0.5) is 13.2 Å². The predicted octanol–water partition coefficient (Wildman–Crippen LogP) is 4.40. The van der Waals surface area contributed by atoms with Gasteiger partial charge in [0.2, 0.25) is 0 Å². The summed E-state index contributed by atoms with van der Waals surface area (Å²) in [4.78, 5) is 29.2. The third-order valence-electron chi connectivity index (χ3n) is 5.66. The first-order chi connectivity index (χ1) is 17.0. The highest BCUT2D eigenvalue weighted by atomic mass is 19.1. The van der Waals surface area contributed by atoms with Gasteiger partial charge in [0.25, 0.3) is 5.91 Å². The molecule has 36 heavy (non-hydrogen) atoms. The number of hydrogen-bond donors (Lipinski definition) is 2. The Bertz CT molecular complexity index is 1230. The van der Waals surface area contributed by atoms with E-state index in [1.54, 1.807) is 6.92 Å². The molecule has 0 saturated heterocycles. The van der Waals surface area contributed by atoms with Crippen LogP contribution in [0.15, 0.2) is 48.7 Å². The number of hydrogen-bond acceptors (Lipinski definition) is 6. The highest BCUT2D eigenvalue weighted by Crippen LogP contribution is 2.34. The van der Waals surface area contributed by atoms with E-state index in [1.807, 2.05) is 0 Å². The number of halogens is 3. The normalized spacial score (nSPS) is 13.4. The van der Waals surface area contributed by atoms with E-state index in [-0.39, 0.29) is 17.0 Å². The van der Waals surface area contributed by atoms with Crippen molar-refractivity contribution in [3.63, 3.8) is 0 Å². The molecule has 0 saturated carbocycles. The smallest absolute Gasteiger partial charge is 0.328 e. The minimum absolute atomic E-state index is 0.0258. The summed E-state index contributed by atoms with van der Waals surface area (Å²) in [7, 11) is 1.31. The number of carbonyl (C=O) groups excluding carboxylic acids is 2. The summed E-state index contributed by atoms with van der Waals surface area (Å²) in [5, 5.41) is 12.5. The van der Waals surface area contributed by atoms with Gasteiger partial charge in [0.05, 0.1) is 7.11 Å². The van der Waals surface area contributed by atoms with Gasteiger partial charge in [-0.25, -0.2) is 22.9 Å².